The third kappa shape index (κ3) is 9.33. The SMILES string of the molecule is CO/N=C(/CN(C)C(=O)c1cc(Cl)cc(Cl)c1)[C@H](CCN1CCC(N2CCCN(Cc3ccccn3)C2=O)CC1)c1ccc(Cl)c(Cl)c1. The fourth-order valence-corrected chi connectivity index (χ4v) is 7.36. The van der Waals surface area contributed by atoms with Crippen LogP contribution >= 0.6 is 46.4 Å². The van der Waals surface area contributed by atoms with Gasteiger partial charge in [0.2, 0.25) is 0 Å². The van der Waals surface area contributed by atoms with E-state index in [0.717, 1.165) is 63.2 Å². The lowest BCUT2D eigenvalue weighted by molar-refractivity contribution is 0.0757. The Morgan fingerprint density at radius 2 is 1.75 bits per heavy atom. The topological polar surface area (TPSA) is 81.6 Å². The summed E-state index contributed by atoms with van der Waals surface area (Å²) in [6, 6.07) is 16.4. The molecule has 3 heterocycles. The summed E-state index contributed by atoms with van der Waals surface area (Å²) in [7, 11) is 3.20. The second-order valence-electron chi connectivity index (χ2n) is 12.2. The Balaban J connectivity index is 1.24. The quantitative estimate of drug-likeness (QED) is 0.141. The number of urea groups is 1. The first-order chi connectivity index (χ1) is 23.1. The van der Waals surface area contributed by atoms with Gasteiger partial charge in [-0.3, -0.25) is 9.78 Å². The van der Waals surface area contributed by atoms with Crippen LogP contribution in [0, 0.1) is 0 Å². The highest BCUT2D eigenvalue weighted by molar-refractivity contribution is 6.42. The number of rotatable bonds is 12. The second-order valence-corrected chi connectivity index (χ2v) is 13.9. The van der Waals surface area contributed by atoms with E-state index in [1.807, 2.05) is 35.2 Å². The Kier molecular flexibility index (Phi) is 12.8. The van der Waals surface area contributed by atoms with Gasteiger partial charge >= 0.3 is 6.03 Å². The molecule has 2 saturated heterocycles. The van der Waals surface area contributed by atoms with Gasteiger partial charge in [-0.2, -0.15) is 0 Å². The number of piperidine rings is 1. The fourth-order valence-electron chi connectivity index (χ4n) is 6.53. The molecule has 5 rings (SSSR count). The summed E-state index contributed by atoms with van der Waals surface area (Å²) in [5, 5.41) is 6.08. The monoisotopic (exact) mass is 732 g/mol. The summed E-state index contributed by atoms with van der Waals surface area (Å²) < 4.78 is 0. The molecule has 2 aromatic carbocycles. The van der Waals surface area contributed by atoms with Crippen LogP contribution in [0.4, 0.5) is 4.79 Å². The summed E-state index contributed by atoms with van der Waals surface area (Å²) in [5.74, 6) is -0.455. The molecule has 0 radical (unpaired) electrons. The van der Waals surface area contributed by atoms with Crippen molar-refractivity contribution in [1.82, 2.24) is 24.6 Å². The van der Waals surface area contributed by atoms with E-state index < -0.39 is 0 Å². The zero-order chi connectivity index (χ0) is 34.2. The number of carbonyl (C=O) groups is 2. The molecule has 0 unspecified atom stereocenters. The van der Waals surface area contributed by atoms with E-state index in [2.05, 4.69) is 19.9 Å². The van der Waals surface area contributed by atoms with Crippen LogP contribution in [0.1, 0.15) is 53.2 Å². The van der Waals surface area contributed by atoms with Crippen LogP contribution in [0.15, 0.2) is 65.9 Å². The van der Waals surface area contributed by atoms with Crippen molar-refractivity contribution < 1.29 is 14.4 Å². The van der Waals surface area contributed by atoms with E-state index in [9.17, 15) is 9.59 Å². The van der Waals surface area contributed by atoms with E-state index in [1.54, 1.807) is 42.4 Å². The van der Waals surface area contributed by atoms with Crippen LogP contribution in [0.25, 0.3) is 0 Å². The van der Waals surface area contributed by atoms with E-state index >= 15 is 0 Å². The first-order valence-corrected chi connectivity index (χ1v) is 17.6. The van der Waals surface area contributed by atoms with Gasteiger partial charge in [-0.1, -0.05) is 63.7 Å². The highest BCUT2D eigenvalue weighted by Gasteiger charge is 2.34. The van der Waals surface area contributed by atoms with E-state index in [-0.39, 0.29) is 30.4 Å². The van der Waals surface area contributed by atoms with Gasteiger partial charge < -0.3 is 24.4 Å². The van der Waals surface area contributed by atoms with Gasteiger partial charge in [-0.15, -0.1) is 0 Å². The fraction of sp³-hybridized carbons (Fsp3) is 0.429. The van der Waals surface area contributed by atoms with Crippen molar-refractivity contribution in [2.45, 2.75) is 44.2 Å². The largest absolute Gasteiger partial charge is 0.399 e. The predicted molar refractivity (Wildman–Crippen MR) is 193 cm³/mol. The van der Waals surface area contributed by atoms with E-state index in [1.165, 1.54) is 7.11 Å². The van der Waals surface area contributed by atoms with Crippen LogP contribution in [-0.4, -0.2) is 102 Å². The molecule has 13 heteroatoms. The number of pyridine rings is 1. The third-order valence-corrected chi connectivity index (χ3v) is 10.1. The van der Waals surface area contributed by atoms with Gasteiger partial charge in [0.25, 0.3) is 5.91 Å². The molecule has 48 heavy (non-hydrogen) atoms. The Labute approximate surface area is 302 Å². The molecule has 2 aliphatic rings. The first kappa shape index (κ1) is 36.2. The average molecular weight is 735 g/mol. The van der Waals surface area contributed by atoms with Crippen LogP contribution in [0.2, 0.25) is 20.1 Å². The van der Waals surface area contributed by atoms with Crippen molar-refractivity contribution in [2.75, 3.05) is 53.4 Å². The molecular weight excluding hydrogens is 694 g/mol. The van der Waals surface area contributed by atoms with Crippen molar-refractivity contribution in [3.63, 3.8) is 0 Å². The molecule has 2 aliphatic heterocycles. The molecule has 0 aliphatic carbocycles. The van der Waals surface area contributed by atoms with Gasteiger partial charge in [0.05, 0.1) is 34.5 Å². The average Bonchev–Trinajstić information content (AvgIpc) is 3.07. The maximum atomic E-state index is 13.5. The number of halogens is 4. The molecule has 256 valence electrons. The zero-order valence-corrected chi connectivity index (χ0v) is 30.1. The Morgan fingerprint density at radius 1 is 1.00 bits per heavy atom. The molecule has 3 amide bonds. The summed E-state index contributed by atoms with van der Waals surface area (Å²) in [6.45, 7) is 4.79. The number of benzene rings is 2. The van der Waals surface area contributed by atoms with Gasteiger partial charge in [0, 0.05) is 67.0 Å². The number of likely N-dealkylation sites (tertiary alicyclic amines) is 1. The van der Waals surface area contributed by atoms with E-state index in [4.69, 9.17) is 51.2 Å². The van der Waals surface area contributed by atoms with Crippen molar-refractivity contribution >= 4 is 64.1 Å². The number of aromatic nitrogens is 1. The lowest BCUT2D eigenvalue weighted by Crippen LogP contribution is -2.55. The lowest BCUT2D eigenvalue weighted by Gasteiger charge is -2.43. The second kappa shape index (κ2) is 17.0. The van der Waals surface area contributed by atoms with Gasteiger partial charge in [0.15, 0.2) is 0 Å². The highest BCUT2D eigenvalue weighted by atomic mass is 35.5. The normalized spacial score (nSPS) is 17.0. The summed E-state index contributed by atoms with van der Waals surface area (Å²) in [6.07, 6.45) is 5.23. The van der Waals surface area contributed by atoms with Crippen molar-refractivity contribution in [1.29, 1.82) is 0 Å². The molecular formula is C35H40Cl4N6O3. The zero-order valence-electron chi connectivity index (χ0n) is 27.1. The van der Waals surface area contributed by atoms with Crippen molar-refractivity contribution in [3.05, 3.63) is 97.7 Å². The first-order valence-electron chi connectivity index (χ1n) is 16.1. The minimum absolute atomic E-state index is 0.101. The molecule has 1 atom stereocenters. The summed E-state index contributed by atoms with van der Waals surface area (Å²) >= 11 is 25.1. The summed E-state index contributed by atoms with van der Waals surface area (Å²) in [4.78, 5) is 44.5. The number of oxime groups is 1. The van der Waals surface area contributed by atoms with Crippen LogP contribution in [0.5, 0.6) is 0 Å². The van der Waals surface area contributed by atoms with Crippen molar-refractivity contribution in [2.24, 2.45) is 5.16 Å². The minimum atomic E-state index is -0.246. The summed E-state index contributed by atoms with van der Waals surface area (Å²) in [5.41, 5.74) is 2.88. The van der Waals surface area contributed by atoms with Crippen molar-refractivity contribution in [3.8, 4) is 0 Å². The molecule has 0 bridgehead atoms. The smallest absolute Gasteiger partial charge is 0.320 e. The minimum Gasteiger partial charge on any atom is -0.399 e. The maximum Gasteiger partial charge on any atom is 0.320 e. The molecule has 2 fully saturated rings. The Morgan fingerprint density at radius 3 is 2.42 bits per heavy atom. The van der Waals surface area contributed by atoms with E-state index in [0.29, 0.717) is 44.3 Å². The predicted octanol–water partition coefficient (Wildman–Crippen LogP) is 7.74. The molecule has 1 aromatic heterocycles. The third-order valence-electron chi connectivity index (χ3n) is 8.97. The van der Waals surface area contributed by atoms with Gasteiger partial charge in [-0.05, 0) is 80.3 Å². The van der Waals surface area contributed by atoms with Gasteiger partial charge in [0.1, 0.15) is 7.11 Å². The highest BCUT2D eigenvalue weighted by Crippen LogP contribution is 2.31. The number of hydrogen-bond acceptors (Lipinski definition) is 6. The molecule has 9 nitrogen and oxygen atoms in total. The number of nitrogens with zero attached hydrogens (tertiary/aromatic N) is 6. The van der Waals surface area contributed by atoms with Gasteiger partial charge in [-0.25, -0.2) is 4.79 Å². The number of amides is 3. The maximum absolute atomic E-state index is 13.5. The Bertz CT molecular complexity index is 1580. The number of carbonyl (C=O) groups excluding carboxylic acids is 2. The van der Waals surface area contributed by atoms with Crippen LogP contribution in [0.3, 0.4) is 0 Å². The van der Waals surface area contributed by atoms with Crippen LogP contribution in [-0.2, 0) is 11.4 Å². The Hall–Kier alpha value is -3.08. The number of hydrogen-bond donors (Lipinski definition) is 0. The van der Waals surface area contributed by atoms with Crippen LogP contribution < -0.4 is 0 Å². The molecule has 0 saturated carbocycles. The standard InChI is InChI=1S/C35H40Cl4N6O3/c1-42(34(46)25-18-26(36)21-27(37)19-25)23-33(41-48-2)30(24-7-8-31(38)32(39)20-24)11-17-43-15-9-29(10-16-43)45-14-5-13-44(35(45)47)22-28-6-3-4-12-40-28/h3-4,6-8,12,18-21,29-30H,5,9-11,13-17,22-23H2,1-2H3/b41-33-/t30-/m1/s1. The molecule has 3 aromatic rings. The lowest BCUT2D eigenvalue weighted by atomic mass is 9.89. The molecule has 0 N–H and O–H groups in total. The molecule has 0 spiro atoms.